The molecular formula is C25H34N2O4. The molecule has 0 heterocycles. The summed E-state index contributed by atoms with van der Waals surface area (Å²) in [7, 11) is 1.60. The van der Waals surface area contributed by atoms with Crippen molar-refractivity contribution < 1.29 is 19.1 Å². The smallest absolute Gasteiger partial charge is 0.261 e. The molecule has 2 amide bonds. The lowest BCUT2D eigenvalue weighted by atomic mass is 10.1. The SMILES string of the molecule is CC[C@@H](C(=O)NC(C)(C)C)N(Cc1cccc(OC)c1)C(=O)COc1ccc(C)cc1. The zero-order valence-electron chi connectivity index (χ0n) is 19.4. The minimum absolute atomic E-state index is 0.147. The summed E-state index contributed by atoms with van der Waals surface area (Å²) in [4.78, 5) is 27.8. The van der Waals surface area contributed by atoms with Gasteiger partial charge in [0.2, 0.25) is 5.91 Å². The molecule has 0 saturated carbocycles. The Labute approximate surface area is 185 Å². The van der Waals surface area contributed by atoms with E-state index in [0.717, 1.165) is 11.1 Å². The molecule has 0 bridgehead atoms. The zero-order chi connectivity index (χ0) is 23.0. The Kier molecular flexibility index (Phi) is 8.48. The molecule has 168 valence electrons. The van der Waals surface area contributed by atoms with Crippen molar-refractivity contribution >= 4 is 11.8 Å². The fourth-order valence-corrected chi connectivity index (χ4v) is 3.20. The van der Waals surface area contributed by atoms with E-state index in [1.807, 2.05) is 83.1 Å². The average molecular weight is 427 g/mol. The predicted octanol–water partition coefficient (Wildman–Crippen LogP) is 4.10. The van der Waals surface area contributed by atoms with E-state index in [4.69, 9.17) is 9.47 Å². The van der Waals surface area contributed by atoms with Gasteiger partial charge in [0.05, 0.1) is 7.11 Å². The lowest BCUT2D eigenvalue weighted by Crippen LogP contribution is -2.54. The summed E-state index contributed by atoms with van der Waals surface area (Å²) in [5.74, 6) is 0.890. The highest BCUT2D eigenvalue weighted by atomic mass is 16.5. The fourth-order valence-electron chi connectivity index (χ4n) is 3.20. The Morgan fingerprint density at radius 3 is 2.32 bits per heavy atom. The molecule has 6 heteroatoms. The molecule has 2 aromatic carbocycles. The van der Waals surface area contributed by atoms with Gasteiger partial charge in [-0.2, -0.15) is 0 Å². The number of hydrogen-bond donors (Lipinski definition) is 1. The van der Waals surface area contributed by atoms with Crippen LogP contribution < -0.4 is 14.8 Å². The third kappa shape index (κ3) is 7.63. The largest absolute Gasteiger partial charge is 0.497 e. The van der Waals surface area contributed by atoms with E-state index in [1.54, 1.807) is 12.0 Å². The van der Waals surface area contributed by atoms with Crippen LogP contribution >= 0.6 is 0 Å². The van der Waals surface area contributed by atoms with Crippen LogP contribution in [0.4, 0.5) is 0 Å². The molecule has 0 aliphatic rings. The number of methoxy groups -OCH3 is 1. The maximum atomic E-state index is 13.2. The van der Waals surface area contributed by atoms with E-state index in [2.05, 4.69) is 5.32 Å². The van der Waals surface area contributed by atoms with E-state index in [9.17, 15) is 9.59 Å². The Morgan fingerprint density at radius 1 is 1.06 bits per heavy atom. The molecule has 0 unspecified atom stereocenters. The molecule has 0 aromatic heterocycles. The summed E-state index contributed by atoms with van der Waals surface area (Å²) >= 11 is 0. The molecule has 0 fully saturated rings. The van der Waals surface area contributed by atoms with Crippen molar-refractivity contribution in [1.29, 1.82) is 0 Å². The Bertz CT molecular complexity index is 872. The van der Waals surface area contributed by atoms with Crippen LogP contribution in [0.1, 0.15) is 45.2 Å². The number of amides is 2. The highest BCUT2D eigenvalue weighted by Crippen LogP contribution is 2.19. The van der Waals surface area contributed by atoms with Gasteiger partial charge in [0.25, 0.3) is 5.91 Å². The molecule has 2 rings (SSSR count). The third-order valence-corrected chi connectivity index (χ3v) is 4.75. The molecule has 2 aromatic rings. The van der Waals surface area contributed by atoms with Gasteiger partial charge >= 0.3 is 0 Å². The van der Waals surface area contributed by atoms with Crippen LogP contribution in [0.25, 0.3) is 0 Å². The van der Waals surface area contributed by atoms with Gasteiger partial charge in [-0.15, -0.1) is 0 Å². The van der Waals surface area contributed by atoms with Gasteiger partial charge in [0, 0.05) is 12.1 Å². The van der Waals surface area contributed by atoms with Gasteiger partial charge in [-0.3, -0.25) is 9.59 Å². The van der Waals surface area contributed by atoms with Crippen molar-refractivity contribution in [1.82, 2.24) is 10.2 Å². The number of carbonyl (C=O) groups excluding carboxylic acids is 2. The van der Waals surface area contributed by atoms with Crippen molar-refractivity contribution in [2.75, 3.05) is 13.7 Å². The second-order valence-electron chi connectivity index (χ2n) is 8.64. The van der Waals surface area contributed by atoms with Gasteiger partial charge in [-0.05, 0) is 63.9 Å². The topological polar surface area (TPSA) is 67.9 Å². The third-order valence-electron chi connectivity index (χ3n) is 4.75. The molecule has 1 atom stereocenters. The first kappa shape index (κ1) is 24.3. The molecule has 6 nitrogen and oxygen atoms in total. The van der Waals surface area contributed by atoms with Crippen molar-refractivity contribution in [3.63, 3.8) is 0 Å². The molecule has 31 heavy (non-hydrogen) atoms. The Balaban J connectivity index is 2.24. The number of rotatable bonds is 9. The van der Waals surface area contributed by atoms with Crippen molar-refractivity contribution in [2.24, 2.45) is 0 Å². The molecule has 0 spiro atoms. The molecule has 0 aliphatic carbocycles. The summed E-state index contributed by atoms with van der Waals surface area (Å²) in [6.07, 6.45) is 0.488. The van der Waals surface area contributed by atoms with Crippen molar-refractivity contribution in [2.45, 2.75) is 59.2 Å². The van der Waals surface area contributed by atoms with Crippen molar-refractivity contribution in [3.8, 4) is 11.5 Å². The second-order valence-corrected chi connectivity index (χ2v) is 8.64. The number of nitrogens with one attached hydrogen (secondary N) is 1. The Hall–Kier alpha value is -3.02. The van der Waals surface area contributed by atoms with Crippen LogP contribution in [-0.4, -0.2) is 42.0 Å². The van der Waals surface area contributed by atoms with Crippen LogP contribution in [-0.2, 0) is 16.1 Å². The monoisotopic (exact) mass is 426 g/mol. The first-order chi connectivity index (χ1) is 14.6. The highest BCUT2D eigenvalue weighted by molar-refractivity contribution is 5.88. The molecule has 0 aliphatic heterocycles. The number of hydrogen-bond acceptors (Lipinski definition) is 4. The fraction of sp³-hybridized carbons (Fsp3) is 0.440. The van der Waals surface area contributed by atoms with Gasteiger partial charge in [0.1, 0.15) is 17.5 Å². The first-order valence-electron chi connectivity index (χ1n) is 10.6. The number of ether oxygens (including phenoxy) is 2. The van der Waals surface area contributed by atoms with Crippen LogP contribution in [0.2, 0.25) is 0 Å². The quantitative estimate of drug-likeness (QED) is 0.655. The number of nitrogens with zero attached hydrogens (tertiary/aromatic N) is 1. The molecule has 0 radical (unpaired) electrons. The second kappa shape index (κ2) is 10.8. The summed E-state index contributed by atoms with van der Waals surface area (Å²) in [6, 6.07) is 14.4. The van der Waals surface area contributed by atoms with E-state index >= 15 is 0 Å². The minimum Gasteiger partial charge on any atom is -0.497 e. The van der Waals surface area contributed by atoms with Gasteiger partial charge < -0.3 is 19.7 Å². The average Bonchev–Trinajstić information content (AvgIpc) is 2.71. The van der Waals surface area contributed by atoms with Crippen LogP contribution in [0.3, 0.4) is 0 Å². The lowest BCUT2D eigenvalue weighted by molar-refractivity contribution is -0.143. The maximum Gasteiger partial charge on any atom is 0.261 e. The van der Waals surface area contributed by atoms with E-state index in [0.29, 0.717) is 17.9 Å². The Morgan fingerprint density at radius 2 is 1.74 bits per heavy atom. The predicted molar refractivity (Wildman–Crippen MR) is 122 cm³/mol. The minimum atomic E-state index is -0.612. The highest BCUT2D eigenvalue weighted by Gasteiger charge is 2.31. The standard InChI is InChI=1S/C25H34N2O4/c1-7-22(24(29)26-25(3,4)5)27(16-19-9-8-10-21(15-19)30-6)23(28)17-31-20-13-11-18(2)12-14-20/h8-15,22H,7,16-17H2,1-6H3,(H,26,29)/t22-/m0/s1. The summed E-state index contributed by atoms with van der Waals surface area (Å²) in [6.45, 7) is 9.80. The van der Waals surface area contributed by atoms with Crippen LogP contribution in [0, 0.1) is 6.92 Å². The van der Waals surface area contributed by atoms with Gasteiger partial charge in [0.15, 0.2) is 6.61 Å². The summed E-state index contributed by atoms with van der Waals surface area (Å²) < 4.78 is 11.0. The van der Waals surface area contributed by atoms with E-state index < -0.39 is 11.6 Å². The normalized spacial score (nSPS) is 12.1. The van der Waals surface area contributed by atoms with Gasteiger partial charge in [-0.1, -0.05) is 36.8 Å². The number of carbonyl (C=O) groups is 2. The molecular weight excluding hydrogens is 392 g/mol. The van der Waals surface area contributed by atoms with Crippen molar-refractivity contribution in [3.05, 3.63) is 59.7 Å². The lowest BCUT2D eigenvalue weighted by Gasteiger charge is -2.33. The first-order valence-corrected chi connectivity index (χ1v) is 10.6. The zero-order valence-corrected chi connectivity index (χ0v) is 19.4. The van der Waals surface area contributed by atoms with Crippen LogP contribution in [0.15, 0.2) is 48.5 Å². The van der Waals surface area contributed by atoms with E-state index in [-0.39, 0.29) is 25.0 Å². The maximum absolute atomic E-state index is 13.2. The van der Waals surface area contributed by atoms with E-state index in [1.165, 1.54) is 0 Å². The van der Waals surface area contributed by atoms with Crippen LogP contribution in [0.5, 0.6) is 11.5 Å². The molecule has 1 N–H and O–H groups in total. The van der Waals surface area contributed by atoms with Gasteiger partial charge in [-0.25, -0.2) is 0 Å². The number of benzene rings is 2. The summed E-state index contributed by atoms with van der Waals surface area (Å²) in [5.41, 5.74) is 1.60. The summed E-state index contributed by atoms with van der Waals surface area (Å²) in [5, 5.41) is 3.00. The number of aryl methyl sites for hydroxylation is 1. The molecule has 0 saturated heterocycles.